The van der Waals surface area contributed by atoms with Gasteiger partial charge >= 0.3 is 0 Å². The van der Waals surface area contributed by atoms with Crippen LogP contribution in [0.1, 0.15) is 24.0 Å². The van der Waals surface area contributed by atoms with Crippen molar-refractivity contribution in [2.24, 2.45) is 0 Å². The molecule has 0 unspecified atom stereocenters. The van der Waals surface area contributed by atoms with Crippen molar-refractivity contribution in [2.45, 2.75) is 32.4 Å². The molecule has 1 N–H and O–H groups in total. The number of hydrogen-bond donors (Lipinski definition) is 1. The lowest BCUT2D eigenvalue weighted by atomic mass is 10.1. The summed E-state index contributed by atoms with van der Waals surface area (Å²) in [6.07, 6.45) is 2.31. The zero-order valence-corrected chi connectivity index (χ0v) is 12.2. The third-order valence-electron chi connectivity index (χ3n) is 3.68. The molecular weight excluding hydrogens is 236 g/mol. The number of ether oxygens (including phenoxy) is 1. The van der Waals surface area contributed by atoms with E-state index in [0.29, 0.717) is 6.04 Å². The van der Waals surface area contributed by atoms with Crippen molar-refractivity contribution in [1.82, 2.24) is 10.2 Å². The van der Waals surface area contributed by atoms with Crippen molar-refractivity contribution in [1.29, 1.82) is 0 Å². The first-order valence-corrected chi connectivity index (χ1v) is 7.29. The Morgan fingerprint density at radius 1 is 1.32 bits per heavy atom. The van der Waals surface area contributed by atoms with Gasteiger partial charge in [0, 0.05) is 38.9 Å². The van der Waals surface area contributed by atoms with E-state index in [9.17, 15) is 0 Å². The molecular formula is C16H26N2O. The number of rotatable bonds is 6. The molecule has 0 aromatic heterocycles. The highest BCUT2D eigenvalue weighted by atomic mass is 16.5. The van der Waals surface area contributed by atoms with E-state index in [2.05, 4.69) is 48.5 Å². The fourth-order valence-electron chi connectivity index (χ4n) is 2.56. The fourth-order valence-corrected chi connectivity index (χ4v) is 2.56. The minimum atomic E-state index is 0.654. The SMILES string of the molecule is Cc1cccc(CN(C)CCNC2CCOCC2)c1. The third kappa shape index (κ3) is 5.31. The van der Waals surface area contributed by atoms with Gasteiger partial charge in [0.05, 0.1) is 0 Å². The summed E-state index contributed by atoms with van der Waals surface area (Å²) in [5, 5.41) is 3.63. The van der Waals surface area contributed by atoms with Crippen LogP contribution in [-0.4, -0.2) is 44.3 Å². The number of hydrogen-bond acceptors (Lipinski definition) is 3. The van der Waals surface area contributed by atoms with Crippen LogP contribution in [0.4, 0.5) is 0 Å². The Bertz CT molecular complexity index is 375. The molecule has 3 heteroatoms. The van der Waals surface area contributed by atoms with Crippen molar-refractivity contribution in [3.05, 3.63) is 35.4 Å². The monoisotopic (exact) mass is 262 g/mol. The molecule has 1 heterocycles. The van der Waals surface area contributed by atoms with E-state index in [4.69, 9.17) is 4.74 Å². The Kier molecular flexibility index (Phi) is 5.83. The van der Waals surface area contributed by atoms with Crippen molar-refractivity contribution in [3.63, 3.8) is 0 Å². The molecule has 0 spiro atoms. The minimum Gasteiger partial charge on any atom is -0.381 e. The van der Waals surface area contributed by atoms with Gasteiger partial charge in [0.2, 0.25) is 0 Å². The fraction of sp³-hybridized carbons (Fsp3) is 0.625. The van der Waals surface area contributed by atoms with Gasteiger partial charge in [0.15, 0.2) is 0 Å². The second-order valence-corrected chi connectivity index (χ2v) is 5.57. The van der Waals surface area contributed by atoms with E-state index >= 15 is 0 Å². The van der Waals surface area contributed by atoms with E-state index in [1.807, 2.05) is 0 Å². The maximum atomic E-state index is 5.37. The highest BCUT2D eigenvalue weighted by Crippen LogP contribution is 2.07. The molecule has 0 amide bonds. The van der Waals surface area contributed by atoms with Crippen molar-refractivity contribution in [2.75, 3.05) is 33.4 Å². The highest BCUT2D eigenvalue weighted by Gasteiger charge is 2.12. The summed E-state index contributed by atoms with van der Waals surface area (Å²) in [7, 11) is 2.19. The van der Waals surface area contributed by atoms with E-state index in [1.54, 1.807) is 0 Å². The molecule has 0 saturated carbocycles. The maximum absolute atomic E-state index is 5.37. The molecule has 1 aromatic carbocycles. The Labute approximate surface area is 116 Å². The highest BCUT2D eigenvalue weighted by molar-refractivity contribution is 5.21. The van der Waals surface area contributed by atoms with E-state index in [-0.39, 0.29) is 0 Å². The van der Waals surface area contributed by atoms with Crippen LogP contribution in [0.5, 0.6) is 0 Å². The predicted molar refractivity (Wildman–Crippen MR) is 79.4 cm³/mol. The lowest BCUT2D eigenvalue weighted by Crippen LogP contribution is -2.39. The van der Waals surface area contributed by atoms with Crippen molar-refractivity contribution >= 4 is 0 Å². The van der Waals surface area contributed by atoms with Gasteiger partial charge in [0.25, 0.3) is 0 Å². The molecule has 1 aliphatic rings. The van der Waals surface area contributed by atoms with Gasteiger partial charge in [-0.25, -0.2) is 0 Å². The van der Waals surface area contributed by atoms with Crippen LogP contribution >= 0.6 is 0 Å². The molecule has 0 bridgehead atoms. The Hall–Kier alpha value is -0.900. The van der Waals surface area contributed by atoms with Crippen molar-refractivity contribution in [3.8, 4) is 0 Å². The Morgan fingerprint density at radius 3 is 2.84 bits per heavy atom. The smallest absolute Gasteiger partial charge is 0.0480 e. The topological polar surface area (TPSA) is 24.5 Å². The van der Waals surface area contributed by atoms with E-state index < -0.39 is 0 Å². The van der Waals surface area contributed by atoms with Crippen LogP contribution in [0.2, 0.25) is 0 Å². The number of likely N-dealkylation sites (N-methyl/N-ethyl adjacent to an activating group) is 1. The zero-order valence-electron chi connectivity index (χ0n) is 12.2. The van der Waals surface area contributed by atoms with Crippen LogP contribution in [-0.2, 0) is 11.3 Å². The number of benzene rings is 1. The molecule has 19 heavy (non-hydrogen) atoms. The average molecular weight is 262 g/mol. The normalized spacial score (nSPS) is 17.0. The largest absolute Gasteiger partial charge is 0.381 e. The van der Waals surface area contributed by atoms with E-state index in [0.717, 1.165) is 45.7 Å². The first-order valence-electron chi connectivity index (χ1n) is 7.29. The first-order chi connectivity index (χ1) is 9.24. The molecule has 1 fully saturated rings. The second kappa shape index (κ2) is 7.63. The summed E-state index contributed by atoms with van der Waals surface area (Å²) in [4.78, 5) is 2.38. The molecule has 106 valence electrons. The van der Waals surface area contributed by atoms with Crippen LogP contribution in [0.25, 0.3) is 0 Å². The van der Waals surface area contributed by atoms with Gasteiger partial charge in [-0.15, -0.1) is 0 Å². The number of nitrogens with zero attached hydrogens (tertiary/aromatic N) is 1. The molecule has 2 rings (SSSR count). The van der Waals surface area contributed by atoms with Gasteiger partial charge in [0.1, 0.15) is 0 Å². The summed E-state index contributed by atoms with van der Waals surface area (Å²) in [6.45, 7) is 7.15. The van der Waals surface area contributed by atoms with Crippen LogP contribution < -0.4 is 5.32 Å². The van der Waals surface area contributed by atoms with E-state index in [1.165, 1.54) is 11.1 Å². The molecule has 1 aromatic rings. The summed E-state index contributed by atoms with van der Waals surface area (Å²) < 4.78 is 5.37. The predicted octanol–water partition coefficient (Wildman–Crippen LogP) is 2.20. The molecule has 0 atom stereocenters. The third-order valence-corrected chi connectivity index (χ3v) is 3.68. The van der Waals surface area contributed by atoms with Crippen molar-refractivity contribution < 1.29 is 4.74 Å². The average Bonchev–Trinajstić information content (AvgIpc) is 2.40. The van der Waals surface area contributed by atoms with Crippen LogP contribution in [0.3, 0.4) is 0 Å². The van der Waals surface area contributed by atoms with Crippen LogP contribution in [0, 0.1) is 6.92 Å². The lowest BCUT2D eigenvalue weighted by molar-refractivity contribution is 0.0774. The lowest BCUT2D eigenvalue weighted by Gasteiger charge is -2.24. The molecule has 1 aliphatic heterocycles. The molecule has 1 saturated heterocycles. The van der Waals surface area contributed by atoms with Crippen LogP contribution in [0.15, 0.2) is 24.3 Å². The van der Waals surface area contributed by atoms with Gasteiger partial charge < -0.3 is 15.0 Å². The summed E-state index contributed by atoms with van der Waals surface area (Å²) >= 11 is 0. The number of nitrogens with one attached hydrogen (secondary N) is 1. The maximum Gasteiger partial charge on any atom is 0.0480 e. The standard InChI is InChI=1S/C16H26N2O/c1-14-4-3-5-15(12-14)13-18(2)9-8-17-16-6-10-19-11-7-16/h3-5,12,16-17H,6-11,13H2,1-2H3. The first kappa shape index (κ1) is 14.5. The molecule has 3 nitrogen and oxygen atoms in total. The Morgan fingerprint density at radius 2 is 2.11 bits per heavy atom. The van der Waals surface area contributed by atoms with Gasteiger partial charge in [-0.3, -0.25) is 0 Å². The zero-order chi connectivity index (χ0) is 13.5. The molecule has 0 aliphatic carbocycles. The summed E-state index contributed by atoms with van der Waals surface area (Å²) in [6, 6.07) is 9.41. The Balaban J connectivity index is 1.65. The second-order valence-electron chi connectivity index (χ2n) is 5.57. The number of aryl methyl sites for hydroxylation is 1. The quantitative estimate of drug-likeness (QED) is 0.850. The minimum absolute atomic E-state index is 0.654. The van der Waals surface area contributed by atoms with Gasteiger partial charge in [-0.2, -0.15) is 0 Å². The van der Waals surface area contributed by atoms with Gasteiger partial charge in [-0.05, 0) is 32.4 Å². The molecule has 0 radical (unpaired) electrons. The summed E-state index contributed by atoms with van der Waals surface area (Å²) in [5.41, 5.74) is 2.74. The summed E-state index contributed by atoms with van der Waals surface area (Å²) in [5.74, 6) is 0. The van der Waals surface area contributed by atoms with Gasteiger partial charge in [-0.1, -0.05) is 29.8 Å².